The maximum absolute atomic E-state index is 13.7. The van der Waals surface area contributed by atoms with Crippen LogP contribution in [0.25, 0.3) is 22.9 Å². The van der Waals surface area contributed by atoms with Gasteiger partial charge in [-0.15, -0.1) is 23.4 Å². The van der Waals surface area contributed by atoms with Gasteiger partial charge in [-0.3, -0.25) is 0 Å². The number of rotatable bonds is 3. The summed E-state index contributed by atoms with van der Waals surface area (Å²) >= 11 is 0. The van der Waals surface area contributed by atoms with Crippen LogP contribution < -0.4 is 4.74 Å². The average Bonchev–Trinajstić information content (AvgIpc) is 2.96. The van der Waals surface area contributed by atoms with Gasteiger partial charge in [-0.25, -0.2) is 4.39 Å². The van der Waals surface area contributed by atoms with Gasteiger partial charge in [0, 0.05) is 0 Å². The van der Waals surface area contributed by atoms with E-state index >= 15 is 0 Å². The van der Waals surface area contributed by atoms with Crippen LogP contribution in [0.4, 0.5) is 17.6 Å². The Bertz CT molecular complexity index is 830. The molecule has 0 aliphatic carbocycles. The van der Waals surface area contributed by atoms with Crippen molar-refractivity contribution in [3.63, 3.8) is 0 Å². The van der Waals surface area contributed by atoms with Crippen LogP contribution in [0.15, 0.2) is 52.9 Å². The lowest BCUT2D eigenvalue weighted by atomic mass is 10.2. The van der Waals surface area contributed by atoms with Gasteiger partial charge in [0.25, 0.3) is 11.8 Å². The predicted octanol–water partition coefficient (Wildman–Crippen LogP) is 4.44. The fraction of sp³-hybridized carbons (Fsp3) is 0.0667. The molecule has 0 fully saturated rings. The highest BCUT2D eigenvalue weighted by Crippen LogP contribution is 2.34. The van der Waals surface area contributed by atoms with Gasteiger partial charge in [-0.2, -0.15) is 0 Å². The standard InChI is InChI=1S/C15H8F4N2O2/c16-11-7-3-1-5-9(11)13-20-21-14(22-13)10-6-2-4-8-12(10)23-15(17,18)19/h1-8H. The average molecular weight is 324 g/mol. The molecular weight excluding hydrogens is 316 g/mol. The molecule has 0 saturated carbocycles. The normalized spacial score (nSPS) is 11.5. The zero-order chi connectivity index (χ0) is 16.4. The number of benzene rings is 2. The third-order valence-electron chi connectivity index (χ3n) is 2.87. The van der Waals surface area contributed by atoms with Crippen molar-refractivity contribution in [1.29, 1.82) is 0 Å². The van der Waals surface area contributed by atoms with Gasteiger partial charge < -0.3 is 9.15 Å². The Kier molecular flexibility index (Phi) is 3.73. The maximum atomic E-state index is 13.7. The highest BCUT2D eigenvalue weighted by Gasteiger charge is 2.32. The Labute approximate surface area is 127 Å². The zero-order valence-corrected chi connectivity index (χ0v) is 11.3. The lowest BCUT2D eigenvalue weighted by molar-refractivity contribution is -0.274. The van der Waals surface area contributed by atoms with Crippen molar-refractivity contribution in [2.24, 2.45) is 0 Å². The first-order valence-electron chi connectivity index (χ1n) is 6.37. The highest BCUT2D eigenvalue weighted by molar-refractivity contribution is 5.64. The molecule has 0 aliphatic heterocycles. The van der Waals surface area contributed by atoms with Crippen molar-refractivity contribution >= 4 is 0 Å². The van der Waals surface area contributed by atoms with Crippen LogP contribution in [0, 0.1) is 5.82 Å². The van der Waals surface area contributed by atoms with Crippen molar-refractivity contribution in [2.45, 2.75) is 6.36 Å². The van der Waals surface area contributed by atoms with Crippen molar-refractivity contribution in [2.75, 3.05) is 0 Å². The molecule has 0 radical (unpaired) electrons. The number of hydrogen-bond acceptors (Lipinski definition) is 4. The van der Waals surface area contributed by atoms with Crippen LogP contribution in [-0.4, -0.2) is 16.6 Å². The summed E-state index contributed by atoms with van der Waals surface area (Å²) in [6.07, 6.45) is -4.86. The summed E-state index contributed by atoms with van der Waals surface area (Å²) in [5, 5.41) is 7.33. The molecule has 0 unspecified atom stereocenters. The number of hydrogen-bond donors (Lipinski definition) is 0. The molecule has 3 aromatic rings. The summed E-state index contributed by atoms with van der Waals surface area (Å²) in [6, 6.07) is 11.0. The molecule has 1 heterocycles. The number of ether oxygens (including phenoxy) is 1. The molecule has 0 N–H and O–H groups in total. The van der Waals surface area contributed by atoms with Gasteiger partial charge >= 0.3 is 6.36 Å². The Balaban J connectivity index is 2.00. The van der Waals surface area contributed by atoms with Crippen LogP contribution in [0.3, 0.4) is 0 Å². The van der Waals surface area contributed by atoms with E-state index in [0.717, 1.165) is 6.07 Å². The highest BCUT2D eigenvalue weighted by atomic mass is 19.4. The van der Waals surface area contributed by atoms with Gasteiger partial charge in [0.1, 0.15) is 11.6 Å². The van der Waals surface area contributed by atoms with E-state index in [4.69, 9.17) is 4.42 Å². The third-order valence-corrected chi connectivity index (χ3v) is 2.87. The number of halogens is 4. The SMILES string of the molecule is Fc1ccccc1-c1nnc(-c2ccccc2OC(F)(F)F)o1. The molecule has 0 atom stereocenters. The zero-order valence-electron chi connectivity index (χ0n) is 11.3. The van der Waals surface area contributed by atoms with Crippen molar-refractivity contribution in [3.05, 3.63) is 54.3 Å². The monoisotopic (exact) mass is 324 g/mol. The summed E-state index contributed by atoms with van der Waals surface area (Å²) in [5.41, 5.74) is 0.0142. The fourth-order valence-electron chi connectivity index (χ4n) is 1.93. The lowest BCUT2D eigenvalue weighted by Crippen LogP contribution is -2.17. The number of para-hydroxylation sites is 1. The summed E-state index contributed by atoms with van der Waals surface area (Å²) in [7, 11) is 0. The van der Waals surface area contributed by atoms with E-state index in [1.807, 2.05) is 0 Å². The second-order valence-corrected chi connectivity index (χ2v) is 4.44. The molecule has 23 heavy (non-hydrogen) atoms. The Morgan fingerprint density at radius 3 is 2.04 bits per heavy atom. The van der Waals surface area contributed by atoms with E-state index < -0.39 is 17.9 Å². The van der Waals surface area contributed by atoms with Crippen LogP contribution in [-0.2, 0) is 0 Å². The molecule has 0 amide bonds. The van der Waals surface area contributed by atoms with Gasteiger partial charge in [0.15, 0.2) is 0 Å². The Morgan fingerprint density at radius 2 is 1.39 bits per heavy atom. The van der Waals surface area contributed by atoms with Crippen LogP contribution in [0.1, 0.15) is 0 Å². The summed E-state index contributed by atoms with van der Waals surface area (Å²) < 4.78 is 60.2. The van der Waals surface area contributed by atoms with Crippen LogP contribution in [0.5, 0.6) is 5.75 Å². The number of alkyl halides is 3. The van der Waals surface area contributed by atoms with Crippen LogP contribution in [0.2, 0.25) is 0 Å². The smallest absolute Gasteiger partial charge is 0.416 e. The Morgan fingerprint density at radius 1 is 0.826 bits per heavy atom. The van der Waals surface area contributed by atoms with Gasteiger partial charge in [-0.1, -0.05) is 24.3 Å². The molecule has 8 heteroatoms. The molecule has 2 aromatic carbocycles. The van der Waals surface area contributed by atoms with Crippen molar-refractivity contribution in [1.82, 2.24) is 10.2 Å². The molecule has 1 aromatic heterocycles. The Hall–Kier alpha value is -2.90. The molecular formula is C15H8F4N2O2. The van der Waals surface area contributed by atoms with E-state index in [2.05, 4.69) is 14.9 Å². The number of nitrogens with zero attached hydrogens (tertiary/aromatic N) is 2. The number of aromatic nitrogens is 2. The molecule has 118 valence electrons. The van der Waals surface area contributed by atoms with E-state index in [1.54, 1.807) is 6.07 Å². The molecule has 4 nitrogen and oxygen atoms in total. The first-order chi connectivity index (χ1) is 10.9. The predicted molar refractivity (Wildman–Crippen MR) is 71.8 cm³/mol. The van der Waals surface area contributed by atoms with Crippen LogP contribution >= 0.6 is 0 Å². The summed E-state index contributed by atoms with van der Waals surface area (Å²) in [4.78, 5) is 0. The lowest BCUT2D eigenvalue weighted by Gasteiger charge is -2.10. The third kappa shape index (κ3) is 3.31. The quantitative estimate of drug-likeness (QED) is 0.668. The minimum absolute atomic E-state index is 0.0417. The first kappa shape index (κ1) is 15.0. The molecule has 0 bridgehead atoms. The second-order valence-electron chi connectivity index (χ2n) is 4.44. The van der Waals surface area contributed by atoms with Crippen molar-refractivity contribution in [3.8, 4) is 28.7 Å². The van der Waals surface area contributed by atoms with Gasteiger partial charge in [-0.05, 0) is 24.3 Å². The molecule has 3 rings (SSSR count). The minimum Gasteiger partial charge on any atom is -0.416 e. The van der Waals surface area contributed by atoms with E-state index in [-0.39, 0.29) is 22.9 Å². The summed E-state index contributed by atoms with van der Waals surface area (Å²) in [5.74, 6) is -1.41. The first-order valence-corrected chi connectivity index (χ1v) is 6.37. The van der Waals surface area contributed by atoms with Crippen molar-refractivity contribution < 1.29 is 26.7 Å². The largest absolute Gasteiger partial charge is 0.573 e. The van der Waals surface area contributed by atoms with E-state index in [0.29, 0.717) is 0 Å². The summed E-state index contributed by atoms with van der Waals surface area (Å²) in [6.45, 7) is 0. The fourth-order valence-corrected chi connectivity index (χ4v) is 1.93. The topological polar surface area (TPSA) is 48.2 Å². The van der Waals surface area contributed by atoms with E-state index in [9.17, 15) is 17.6 Å². The molecule has 0 saturated heterocycles. The molecule has 0 aliphatic rings. The minimum atomic E-state index is -4.86. The molecule has 0 spiro atoms. The van der Waals surface area contributed by atoms with Gasteiger partial charge in [0.2, 0.25) is 0 Å². The second kappa shape index (κ2) is 5.71. The maximum Gasteiger partial charge on any atom is 0.573 e. The van der Waals surface area contributed by atoms with E-state index in [1.165, 1.54) is 36.4 Å². The van der Waals surface area contributed by atoms with Gasteiger partial charge in [0.05, 0.1) is 11.1 Å².